The van der Waals surface area contributed by atoms with Gasteiger partial charge in [0.15, 0.2) is 5.56 Å². The van der Waals surface area contributed by atoms with Gasteiger partial charge in [-0.15, -0.1) is 20.5 Å². The van der Waals surface area contributed by atoms with Crippen molar-refractivity contribution in [1.29, 1.82) is 0 Å². The number of nitrogens with one attached hydrogen (secondary N) is 1. The van der Waals surface area contributed by atoms with Crippen molar-refractivity contribution in [2.24, 2.45) is 0 Å². The zero-order valence-corrected chi connectivity index (χ0v) is 18.5. The third kappa shape index (κ3) is 6.62. The molecule has 1 N–H and O–H groups in total. The Balaban J connectivity index is 1.89. The second-order valence-electron chi connectivity index (χ2n) is 6.65. The molecule has 0 radical (unpaired) electrons. The molecule has 0 saturated carbocycles. The normalized spacial score (nSPS) is 11.0. The van der Waals surface area contributed by atoms with Gasteiger partial charge >= 0.3 is 5.57 Å². The van der Waals surface area contributed by atoms with Gasteiger partial charge in [-0.05, 0) is 29.8 Å². The fourth-order valence-electron chi connectivity index (χ4n) is 2.87. The molecule has 0 aliphatic rings. The molecule has 3 aromatic rings. The third-order valence-electron chi connectivity index (χ3n) is 4.28. The molecule has 0 atom stereocenters. The number of nitrogens with zero attached hydrogens (tertiary/aromatic N) is 2. The first-order valence-corrected chi connectivity index (χ1v) is 10.7. The Kier molecular flexibility index (Phi) is 7.64. The van der Waals surface area contributed by atoms with Crippen LogP contribution in [0.3, 0.4) is 0 Å². The van der Waals surface area contributed by atoms with E-state index in [1.807, 2.05) is 30.3 Å². The molecule has 0 aromatic heterocycles. The van der Waals surface area contributed by atoms with Crippen molar-refractivity contribution >= 4 is 46.3 Å². The maximum Gasteiger partial charge on any atom is 0.487 e. The van der Waals surface area contributed by atoms with Gasteiger partial charge in [-0.3, -0.25) is 25.0 Å². The fourth-order valence-corrected chi connectivity index (χ4v) is 3.87. The molecule has 0 aliphatic heterocycles. The molecule has 34 heavy (non-hydrogen) atoms. The summed E-state index contributed by atoms with van der Waals surface area (Å²) in [5.74, 6) is -1.03. The Morgan fingerprint density at radius 2 is 1.56 bits per heavy atom. The summed E-state index contributed by atoms with van der Waals surface area (Å²) >= 11 is 5.82. The van der Waals surface area contributed by atoms with Gasteiger partial charge in [0.25, 0.3) is 17.3 Å². The number of nitro groups is 2. The summed E-state index contributed by atoms with van der Waals surface area (Å²) in [5.41, 5.74) is -5.24. The molecule has 1 amide bonds. The minimum absolute atomic E-state index is 0.0290. The van der Waals surface area contributed by atoms with Gasteiger partial charge in [0.1, 0.15) is 5.75 Å². The summed E-state index contributed by atoms with van der Waals surface area (Å²) in [6, 6.07) is 15.8. The summed E-state index contributed by atoms with van der Waals surface area (Å²) in [7, 11) is 0. The van der Waals surface area contributed by atoms with Crippen LogP contribution in [0, 0.1) is 20.2 Å². The highest BCUT2D eigenvalue weighted by molar-refractivity contribution is 7.98. The summed E-state index contributed by atoms with van der Waals surface area (Å²) in [5, 5.41) is 25.6. The molecular formula is C21H14ClF2N3O6S. The molecular weight excluding hydrogens is 496 g/mol. The number of halogens is 3. The van der Waals surface area contributed by atoms with Gasteiger partial charge in [0, 0.05) is 40.1 Å². The summed E-state index contributed by atoms with van der Waals surface area (Å²) in [6.07, 6.45) is 0. The number of carbonyl (C=O) groups excluding carboxylic acids is 1. The van der Waals surface area contributed by atoms with E-state index in [1.54, 1.807) is 0 Å². The monoisotopic (exact) mass is 509 g/mol. The molecule has 0 saturated heterocycles. The quantitative estimate of drug-likeness (QED) is 0.157. The van der Waals surface area contributed by atoms with E-state index in [4.69, 9.17) is 0 Å². The van der Waals surface area contributed by atoms with Crippen LogP contribution in [0.2, 0.25) is 0 Å². The van der Waals surface area contributed by atoms with Crippen LogP contribution < -0.4 is 10.1 Å². The maximum absolute atomic E-state index is 12.8. The maximum atomic E-state index is 12.8. The van der Waals surface area contributed by atoms with Crippen molar-refractivity contribution in [2.75, 3.05) is 5.32 Å². The molecule has 176 valence electrons. The van der Waals surface area contributed by atoms with E-state index in [0.717, 1.165) is 53.7 Å². The third-order valence-corrected chi connectivity index (χ3v) is 5.41. The lowest BCUT2D eigenvalue weighted by molar-refractivity contribution is -0.394. The van der Waals surface area contributed by atoms with Crippen LogP contribution in [0.4, 0.5) is 25.8 Å². The number of amides is 1. The Morgan fingerprint density at radius 3 is 2.06 bits per heavy atom. The van der Waals surface area contributed by atoms with Crippen molar-refractivity contribution in [3.63, 3.8) is 0 Å². The lowest BCUT2D eigenvalue weighted by atomic mass is 10.1. The molecule has 0 bridgehead atoms. The zero-order valence-electron chi connectivity index (χ0n) is 16.9. The number of rotatable bonds is 9. The molecule has 0 aliphatic carbocycles. The largest absolute Gasteiger partial charge is 0.487 e. The second kappa shape index (κ2) is 10.4. The molecule has 0 spiro atoms. The van der Waals surface area contributed by atoms with E-state index < -0.39 is 38.3 Å². The first-order chi connectivity index (χ1) is 16.0. The lowest BCUT2D eigenvalue weighted by Gasteiger charge is -2.11. The molecule has 0 heterocycles. The van der Waals surface area contributed by atoms with Crippen LogP contribution in [-0.2, 0) is 5.75 Å². The molecule has 0 fully saturated rings. The zero-order chi connectivity index (χ0) is 24.9. The first kappa shape index (κ1) is 24.9. The van der Waals surface area contributed by atoms with Crippen molar-refractivity contribution in [3.8, 4) is 5.75 Å². The highest BCUT2D eigenvalue weighted by atomic mass is 35.5. The number of nitro benzene ring substituents is 2. The van der Waals surface area contributed by atoms with Gasteiger partial charge in [0.2, 0.25) is 0 Å². The Hall–Kier alpha value is -3.77. The van der Waals surface area contributed by atoms with Gasteiger partial charge < -0.3 is 10.1 Å². The second-order valence-corrected chi connectivity index (χ2v) is 8.14. The van der Waals surface area contributed by atoms with E-state index in [0.29, 0.717) is 5.75 Å². The Bertz CT molecular complexity index is 1190. The predicted molar refractivity (Wildman–Crippen MR) is 122 cm³/mol. The molecule has 13 heteroatoms. The van der Waals surface area contributed by atoms with Gasteiger partial charge in [-0.1, -0.05) is 30.3 Å². The van der Waals surface area contributed by atoms with Crippen LogP contribution in [0.15, 0.2) is 71.6 Å². The van der Waals surface area contributed by atoms with Crippen molar-refractivity contribution in [2.45, 2.75) is 16.2 Å². The van der Waals surface area contributed by atoms with E-state index >= 15 is 0 Å². The van der Waals surface area contributed by atoms with Crippen molar-refractivity contribution in [3.05, 3.63) is 98.1 Å². The van der Waals surface area contributed by atoms with Crippen LogP contribution in [0.5, 0.6) is 5.75 Å². The van der Waals surface area contributed by atoms with E-state index in [1.165, 1.54) is 0 Å². The lowest BCUT2D eigenvalue weighted by Crippen LogP contribution is -2.17. The number of hydrogen-bond acceptors (Lipinski definition) is 7. The number of thioether (sulfide) groups is 1. The number of alkyl halides is 3. The SMILES string of the molecule is O=C(Nc1ccc(OC(F)(F)Cl)cc1)c1c([N+](=O)[O-])cc(SCc2ccccc2)cc1[N+](=O)[O-]. The average molecular weight is 510 g/mol. The van der Waals surface area contributed by atoms with Crippen LogP contribution in [0.1, 0.15) is 15.9 Å². The topological polar surface area (TPSA) is 125 Å². The van der Waals surface area contributed by atoms with Gasteiger partial charge in [-0.25, -0.2) is 0 Å². The smallest absolute Gasteiger partial charge is 0.420 e. The Labute approximate surface area is 200 Å². The number of benzene rings is 3. The molecule has 0 unspecified atom stereocenters. The van der Waals surface area contributed by atoms with Crippen LogP contribution >= 0.6 is 23.4 Å². The number of ether oxygens (including phenoxy) is 1. The number of hydrogen-bond donors (Lipinski definition) is 1. The predicted octanol–water partition coefficient (Wildman–Crippen LogP) is 6.22. The van der Waals surface area contributed by atoms with E-state index in [9.17, 15) is 33.8 Å². The molecule has 3 rings (SSSR count). The summed E-state index contributed by atoms with van der Waals surface area (Å²) < 4.78 is 29.6. The molecule has 9 nitrogen and oxygen atoms in total. The van der Waals surface area contributed by atoms with Crippen LogP contribution in [-0.4, -0.2) is 21.3 Å². The number of anilines is 1. The summed E-state index contributed by atoms with van der Waals surface area (Å²) in [4.78, 5) is 34.5. The van der Waals surface area contributed by atoms with E-state index in [2.05, 4.69) is 21.7 Å². The first-order valence-electron chi connectivity index (χ1n) is 9.34. The van der Waals surface area contributed by atoms with Crippen LogP contribution in [0.25, 0.3) is 0 Å². The summed E-state index contributed by atoms with van der Waals surface area (Å²) in [6.45, 7) is 0. The van der Waals surface area contributed by atoms with Crippen molar-refractivity contribution in [1.82, 2.24) is 0 Å². The number of carbonyl (C=O) groups is 1. The van der Waals surface area contributed by atoms with E-state index in [-0.39, 0.29) is 16.3 Å². The molecule has 3 aromatic carbocycles. The standard InChI is InChI=1S/C21H14ClF2N3O6S/c22-21(23,24)33-15-8-6-14(7-9-15)25-20(28)19-17(26(29)30)10-16(11-18(19)27(31)32)34-12-13-4-2-1-3-5-13/h1-11H,12H2,(H,25,28). The minimum Gasteiger partial charge on any atom is -0.420 e. The van der Waals surface area contributed by atoms with Crippen molar-refractivity contribution < 1.29 is 28.2 Å². The average Bonchev–Trinajstić information content (AvgIpc) is 2.78. The van der Waals surface area contributed by atoms with Gasteiger partial charge in [-0.2, -0.15) is 0 Å². The highest BCUT2D eigenvalue weighted by Crippen LogP contribution is 2.36. The Morgan fingerprint density at radius 1 is 1.00 bits per heavy atom. The van der Waals surface area contributed by atoms with Gasteiger partial charge in [0.05, 0.1) is 9.85 Å². The minimum atomic E-state index is -3.94. The fraction of sp³-hybridized carbons (Fsp3) is 0.0952. The highest BCUT2D eigenvalue weighted by Gasteiger charge is 2.32.